The van der Waals surface area contributed by atoms with E-state index in [-0.39, 0.29) is 11.8 Å². The van der Waals surface area contributed by atoms with Crippen LogP contribution in [-0.2, 0) is 16.0 Å². The van der Waals surface area contributed by atoms with E-state index in [1.807, 2.05) is 0 Å². The molecule has 0 saturated heterocycles. The highest BCUT2D eigenvalue weighted by Crippen LogP contribution is 2.33. The first-order valence-electron chi connectivity index (χ1n) is 8.59. The zero-order valence-corrected chi connectivity index (χ0v) is 15.7. The highest BCUT2D eigenvalue weighted by atomic mass is 16.5. The Morgan fingerprint density at radius 1 is 1.21 bits per heavy atom. The number of nitrogens with one attached hydrogen (secondary N) is 1. The van der Waals surface area contributed by atoms with Crippen LogP contribution in [0.1, 0.15) is 18.2 Å². The Bertz CT molecular complexity index is 1090. The number of benzene rings is 1. The van der Waals surface area contributed by atoms with E-state index in [0.717, 1.165) is 0 Å². The average molecular weight is 384 g/mol. The summed E-state index contributed by atoms with van der Waals surface area (Å²) in [5.41, 5.74) is 5.96. The Morgan fingerprint density at radius 2 is 1.89 bits per heavy atom. The minimum absolute atomic E-state index is 0.181. The van der Waals surface area contributed by atoms with Crippen molar-refractivity contribution in [3.63, 3.8) is 0 Å². The fraction of sp³-hybridized carbons (Fsp3) is 0.250. The fourth-order valence-corrected chi connectivity index (χ4v) is 2.89. The monoisotopic (exact) mass is 384 g/mol. The normalized spacial score (nSPS) is 12.0. The molecular weight excluding hydrogens is 364 g/mol. The number of methoxy groups -OCH3 is 1. The molecular formula is C20H20N2O6. The molecule has 0 radical (unpaired) electrons. The molecule has 0 spiro atoms. The van der Waals surface area contributed by atoms with E-state index in [0.29, 0.717) is 34.0 Å². The lowest BCUT2D eigenvalue weighted by Crippen LogP contribution is -2.42. The van der Waals surface area contributed by atoms with Crippen LogP contribution in [0, 0.1) is 6.92 Å². The predicted molar refractivity (Wildman–Crippen MR) is 102 cm³/mol. The lowest BCUT2D eigenvalue weighted by Gasteiger charge is -2.10. The second-order valence-electron chi connectivity index (χ2n) is 6.39. The Kier molecular flexibility index (Phi) is 5.21. The van der Waals surface area contributed by atoms with Crippen molar-refractivity contribution in [3.05, 3.63) is 52.1 Å². The maximum absolute atomic E-state index is 12.4. The van der Waals surface area contributed by atoms with Gasteiger partial charge in [-0.1, -0.05) is 0 Å². The van der Waals surface area contributed by atoms with Crippen LogP contribution in [0.15, 0.2) is 44.0 Å². The van der Waals surface area contributed by atoms with Gasteiger partial charge in [-0.05, 0) is 38.1 Å². The molecule has 3 rings (SSSR count). The number of ether oxygens (including phenoxy) is 1. The van der Waals surface area contributed by atoms with Crippen LogP contribution in [0.5, 0.6) is 5.75 Å². The Hall–Kier alpha value is -3.55. The summed E-state index contributed by atoms with van der Waals surface area (Å²) in [5.74, 6) is 0.299. The molecule has 1 unspecified atom stereocenters. The van der Waals surface area contributed by atoms with Gasteiger partial charge in [0.2, 0.25) is 11.8 Å². The van der Waals surface area contributed by atoms with Crippen molar-refractivity contribution < 1.29 is 23.2 Å². The molecule has 0 bridgehead atoms. The van der Waals surface area contributed by atoms with Crippen LogP contribution in [0.3, 0.4) is 0 Å². The first-order chi connectivity index (χ1) is 13.3. The Balaban J connectivity index is 2.10. The van der Waals surface area contributed by atoms with Gasteiger partial charge < -0.3 is 24.6 Å². The molecule has 0 saturated carbocycles. The van der Waals surface area contributed by atoms with Crippen molar-refractivity contribution in [2.45, 2.75) is 26.3 Å². The summed E-state index contributed by atoms with van der Waals surface area (Å²) < 4.78 is 16.2. The number of carbonyl (C=O) groups excluding carboxylic acids is 2. The van der Waals surface area contributed by atoms with Gasteiger partial charge in [-0.25, -0.2) is 4.79 Å². The van der Waals surface area contributed by atoms with Crippen LogP contribution in [0.4, 0.5) is 0 Å². The molecule has 0 aliphatic carbocycles. The van der Waals surface area contributed by atoms with E-state index in [2.05, 4.69) is 5.32 Å². The van der Waals surface area contributed by atoms with Crippen LogP contribution in [0.2, 0.25) is 0 Å². The van der Waals surface area contributed by atoms with Crippen LogP contribution < -0.4 is 21.4 Å². The van der Waals surface area contributed by atoms with Gasteiger partial charge in [-0.15, -0.1) is 0 Å². The topological polar surface area (TPSA) is 125 Å². The molecule has 2 heterocycles. The molecule has 0 aliphatic heterocycles. The smallest absolute Gasteiger partial charge is 0.347 e. The third-order valence-corrected chi connectivity index (χ3v) is 4.32. The van der Waals surface area contributed by atoms with E-state index in [9.17, 15) is 14.4 Å². The largest absolute Gasteiger partial charge is 0.497 e. The number of rotatable bonds is 6. The van der Waals surface area contributed by atoms with Gasteiger partial charge in [0.25, 0.3) is 0 Å². The number of hydrogen-bond donors (Lipinski definition) is 2. The van der Waals surface area contributed by atoms with E-state index >= 15 is 0 Å². The molecule has 2 aromatic heterocycles. The first-order valence-corrected chi connectivity index (χ1v) is 8.59. The van der Waals surface area contributed by atoms with E-state index < -0.39 is 23.5 Å². The van der Waals surface area contributed by atoms with Crippen molar-refractivity contribution >= 4 is 22.8 Å². The second kappa shape index (κ2) is 7.59. The SMILES string of the molecule is COc1ccc(-c2oc3cc(C)oc(=O)c3c2CC(=O)NC(C)C(N)=O)cc1. The maximum Gasteiger partial charge on any atom is 0.347 e. The number of fused-ring (bicyclic) bond motifs is 1. The predicted octanol–water partition coefficient (Wildman–Crippen LogP) is 1.90. The van der Waals surface area contributed by atoms with Gasteiger partial charge >= 0.3 is 5.63 Å². The van der Waals surface area contributed by atoms with Crippen molar-refractivity contribution in [1.29, 1.82) is 0 Å². The summed E-state index contributed by atoms with van der Waals surface area (Å²) in [6.07, 6.45) is -0.181. The number of furan rings is 1. The zero-order valence-electron chi connectivity index (χ0n) is 15.7. The van der Waals surface area contributed by atoms with Crippen molar-refractivity contribution in [3.8, 4) is 17.1 Å². The molecule has 1 aromatic carbocycles. The maximum atomic E-state index is 12.4. The minimum atomic E-state index is -0.839. The number of aryl methyl sites for hydroxylation is 1. The summed E-state index contributed by atoms with van der Waals surface area (Å²) in [6, 6.07) is 7.77. The number of carbonyl (C=O) groups is 2. The van der Waals surface area contributed by atoms with Crippen LogP contribution in [-0.4, -0.2) is 25.0 Å². The molecule has 28 heavy (non-hydrogen) atoms. The summed E-state index contributed by atoms with van der Waals surface area (Å²) >= 11 is 0. The Labute approximate surface area is 160 Å². The quantitative estimate of drug-likeness (QED) is 0.669. The van der Waals surface area contributed by atoms with Gasteiger partial charge in [0.05, 0.1) is 13.5 Å². The first kappa shape index (κ1) is 19.2. The highest BCUT2D eigenvalue weighted by Gasteiger charge is 2.23. The van der Waals surface area contributed by atoms with E-state index in [1.54, 1.807) is 44.4 Å². The van der Waals surface area contributed by atoms with Crippen molar-refractivity contribution in [2.24, 2.45) is 5.73 Å². The molecule has 3 N–H and O–H groups in total. The van der Waals surface area contributed by atoms with E-state index in [1.165, 1.54) is 6.92 Å². The van der Waals surface area contributed by atoms with Gasteiger partial charge in [0, 0.05) is 17.2 Å². The number of hydrogen-bond acceptors (Lipinski definition) is 6. The molecule has 3 aromatic rings. The number of primary amides is 1. The summed E-state index contributed by atoms with van der Waals surface area (Å²) in [5, 5.41) is 2.70. The van der Waals surface area contributed by atoms with Gasteiger partial charge in [0.15, 0.2) is 0 Å². The average Bonchev–Trinajstić information content (AvgIpc) is 2.99. The molecule has 8 nitrogen and oxygen atoms in total. The molecule has 0 fully saturated rings. The number of amides is 2. The zero-order chi connectivity index (χ0) is 20.4. The number of nitrogens with two attached hydrogens (primary N) is 1. The third kappa shape index (κ3) is 3.75. The molecule has 2 amide bonds. The van der Waals surface area contributed by atoms with Crippen LogP contribution in [0.25, 0.3) is 22.3 Å². The molecule has 1 atom stereocenters. The lowest BCUT2D eigenvalue weighted by atomic mass is 10.0. The second-order valence-corrected chi connectivity index (χ2v) is 6.39. The van der Waals surface area contributed by atoms with E-state index in [4.69, 9.17) is 19.3 Å². The highest BCUT2D eigenvalue weighted by molar-refractivity contribution is 5.94. The lowest BCUT2D eigenvalue weighted by molar-refractivity contribution is -0.126. The minimum Gasteiger partial charge on any atom is -0.497 e. The fourth-order valence-electron chi connectivity index (χ4n) is 2.89. The molecule has 146 valence electrons. The summed E-state index contributed by atoms with van der Waals surface area (Å²) in [7, 11) is 1.56. The van der Waals surface area contributed by atoms with Crippen molar-refractivity contribution in [2.75, 3.05) is 7.11 Å². The molecule has 8 heteroatoms. The summed E-state index contributed by atoms with van der Waals surface area (Å²) in [4.78, 5) is 36.0. The Morgan fingerprint density at radius 3 is 2.50 bits per heavy atom. The van der Waals surface area contributed by atoms with Gasteiger partial charge in [0.1, 0.15) is 34.3 Å². The summed E-state index contributed by atoms with van der Waals surface area (Å²) in [6.45, 7) is 3.12. The van der Waals surface area contributed by atoms with Gasteiger partial charge in [-0.2, -0.15) is 0 Å². The third-order valence-electron chi connectivity index (χ3n) is 4.32. The van der Waals surface area contributed by atoms with Crippen molar-refractivity contribution in [1.82, 2.24) is 5.32 Å². The van der Waals surface area contributed by atoms with Gasteiger partial charge in [-0.3, -0.25) is 9.59 Å². The standard InChI is InChI=1S/C20H20N2O6/c1-10-8-15-17(20(25)27-10)14(9-16(23)22-11(2)19(21)24)18(28-15)12-4-6-13(26-3)7-5-12/h4-8,11H,9H2,1-3H3,(H2,21,24)(H,22,23). The van der Waals surface area contributed by atoms with Crippen LogP contribution >= 0.6 is 0 Å². The molecule has 0 aliphatic rings.